The summed E-state index contributed by atoms with van der Waals surface area (Å²) in [6.07, 6.45) is 0. The molecule has 0 bridgehead atoms. The summed E-state index contributed by atoms with van der Waals surface area (Å²) in [4.78, 5) is 10.3. The molecule has 0 fully saturated rings. The van der Waals surface area contributed by atoms with Crippen molar-refractivity contribution in [2.75, 3.05) is 6.67 Å². The van der Waals surface area contributed by atoms with E-state index in [-0.39, 0.29) is 12.4 Å². The molecule has 5 heteroatoms. The maximum atomic E-state index is 10.5. The van der Waals surface area contributed by atoms with Crippen LogP contribution < -0.4 is 21.5 Å². The molecule has 0 atom stereocenters. The van der Waals surface area contributed by atoms with Crippen LogP contribution >= 0.6 is 0 Å². The van der Waals surface area contributed by atoms with E-state index in [0.29, 0.717) is 0 Å². The van der Waals surface area contributed by atoms with E-state index < -0.39 is 11.8 Å². The van der Waals surface area contributed by atoms with E-state index in [1.807, 2.05) is 0 Å². The third-order valence-electron chi connectivity index (χ3n) is 0.988. The fourth-order valence-electron chi connectivity index (χ4n) is 0.581. The number of carbonyl (C=O) groups excluding carboxylic acids is 1. The van der Waals surface area contributed by atoms with Crippen molar-refractivity contribution >= 4 is 5.91 Å². The van der Waals surface area contributed by atoms with Crippen LogP contribution in [-0.4, -0.2) is 12.6 Å². The van der Waals surface area contributed by atoms with Crippen molar-refractivity contribution in [3.8, 4) is 0 Å². The standard InChI is InChI=1S/C4H7N3O2/c5-3(8)2-4(9)7-1-6-2/h6-7,9H,1H2,(H2,5,8)/p-1. The Labute approximate surface area is 51.5 Å². The number of rotatable bonds is 1. The van der Waals surface area contributed by atoms with Gasteiger partial charge in [-0.2, -0.15) is 0 Å². The molecular weight excluding hydrogens is 122 g/mol. The van der Waals surface area contributed by atoms with Crippen LogP contribution in [0.4, 0.5) is 0 Å². The lowest BCUT2D eigenvalue weighted by Crippen LogP contribution is -2.24. The van der Waals surface area contributed by atoms with E-state index in [2.05, 4.69) is 10.6 Å². The number of primary amides is 1. The zero-order valence-electron chi connectivity index (χ0n) is 4.60. The van der Waals surface area contributed by atoms with Gasteiger partial charge in [0.2, 0.25) is 0 Å². The molecule has 1 amide bonds. The Kier molecular flexibility index (Phi) is 1.18. The predicted octanol–water partition coefficient (Wildman–Crippen LogP) is -2.85. The summed E-state index contributed by atoms with van der Waals surface area (Å²) >= 11 is 0. The number of amides is 1. The number of hydrogen-bond acceptors (Lipinski definition) is 4. The Balaban J connectivity index is 2.78. The van der Waals surface area contributed by atoms with E-state index in [9.17, 15) is 9.90 Å². The SMILES string of the molecule is NC(=O)C1=C([O-])NCN1. The number of carbonyl (C=O) groups is 1. The van der Waals surface area contributed by atoms with Gasteiger partial charge in [0.05, 0.1) is 6.67 Å². The summed E-state index contributed by atoms with van der Waals surface area (Å²) in [5.41, 5.74) is 4.73. The van der Waals surface area contributed by atoms with Crippen LogP contribution in [0.1, 0.15) is 0 Å². The highest BCUT2D eigenvalue weighted by Crippen LogP contribution is 1.93. The van der Waals surface area contributed by atoms with Crippen LogP contribution in [0.2, 0.25) is 0 Å². The van der Waals surface area contributed by atoms with Gasteiger partial charge in [-0.1, -0.05) is 0 Å². The molecule has 0 unspecified atom stereocenters. The van der Waals surface area contributed by atoms with Gasteiger partial charge < -0.3 is 21.5 Å². The van der Waals surface area contributed by atoms with Crippen molar-refractivity contribution < 1.29 is 9.90 Å². The number of nitrogens with two attached hydrogens (primary N) is 1. The lowest BCUT2D eigenvalue weighted by Gasteiger charge is -2.05. The summed E-state index contributed by atoms with van der Waals surface area (Å²) in [6.45, 7) is 0.289. The van der Waals surface area contributed by atoms with E-state index in [1.165, 1.54) is 0 Å². The second-order valence-electron chi connectivity index (χ2n) is 1.60. The first kappa shape index (κ1) is 5.74. The Morgan fingerprint density at radius 2 is 2.33 bits per heavy atom. The van der Waals surface area contributed by atoms with E-state index in [1.54, 1.807) is 0 Å². The molecule has 1 aliphatic rings. The molecule has 0 saturated heterocycles. The Morgan fingerprint density at radius 3 is 2.56 bits per heavy atom. The average molecular weight is 128 g/mol. The first-order chi connectivity index (χ1) is 4.22. The fourth-order valence-corrected chi connectivity index (χ4v) is 0.581. The number of nitrogens with one attached hydrogen (secondary N) is 2. The maximum absolute atomic E-state index is 10.5. The first-order valence-electron chi connectivity index (χ1n) is 2.40. The van der Waals surface area contributed by atoms with Crippen molar-refractivity contribution in [1.82, 2.24) is 10.6 Å². The summed E-state index contributed by atoms with van der Waals surface area (Å²) in [5.74, 6) is -1.15. The molecule has 0 aliphatic carbocycles. The Morgan fingerprint density at radius 1 is 1.67 bits per heavy atom. The highest BCUT2D eigenvalue weighted by atomic mass is 16.3. The summed E-state index contributed by atoms with van der Waals surface area (Å²) in [5, 5.41) is 15.4. The van der Waals surface area contributed by atoms with Gasteiger partial charge >= 0.3 is 0 Å². The van der Waals surface area contributed by atoms with Crippen LogP contribution in [0.25, 0.3) is 0 Å². The Bertz CT molecular complexity index is 175. The highest BCUT2D eigenvalue weighted by molar-refractivity contribution is 5.91. The largest absolute Gasteiger partial charge is 0.859 e. The van der Waals surface area contributed by atoms with Gasteiger partial charge in [0.1, 0.15) is 5.70 Å². The van der Waals surface area contributed by atoms with Crippen molar-refractivity contribution in [2.24, 2.45) is 5.73 Å². The highest BCUT2D eigenvalue weighted by Gasteiger charge is 2.09. The normalized spacial score (nSPS) is 16.9. The summed E-state index contributed by atoms with van der Waals surface area (Å²) in [6, 6.07) is 0. The van der Waals surface area contributed by atoms with Crippen molar-refractivity contribution in [3.05, 3.63) is 11.6 Å². The van der Waals surface area contributed by atoms with Crippen LogP contribution in [0.5, 0.6) is 0 Å². The average Bonchev–Trinajstić information content (AvgIpc) is 2.13. The van der Waals surface area contributed by atoms with Gasteiger partial charge in [-0.25, -0.2) is 0 Å². The minimum atomic E-state index is -0.718. The van der Waals surface area contributed by atoms with E-state index >= 15 is 0 Å². The quantitative estimate of drug-likeness (QED) is 0.354. The van der Waals surface area contributed by atoms with Gasteiger partial charge in [0.15, 0.2) is 0 Å². The lowest BCUT2D eigenvalue weighted by molar-refractivity contribution is -0.310. The van der Waals surface area contributed by atoms with Crippen molar-refractivity contribution in [3.63, 3.8) is 0 Å². The molecule has 50 valence electrons. The molecule has 4 N–H and O–H groups in total. The molecule has 9 heavy (non-hydrogen) atoms. The third kappa shape index (κ3) is 0.883. The molecule has 1 heterocycles. The van der Waals surface area contributed by atoms with Gasteiger partial charge in [0.25, 0.3) is 5.91 Å². The van der Waals surface area contributed by atoms with Crippen LogP contribution in [0.15, 0.2) is 11.6 Å². The van der Waals surface area contributed by atoms with Crippen LogP contribution in [-0.2, 0) is 4.79 Å². The molecule has 0 aromatic heterocycles. The molecule has 0 aromatic carbocycles. The van der Waals surface area contributed by atoms with Crippen LogP contribution in [0.3, 0.4) is 0 Å². The summed E-state index contributed by atoms with van der Waals surface area (Å²) < 4.78 is 0. The second kappa shape index (κ2) is 1.85. The maximum Gasteiger partial charge on any atom is 0.265 e. The van der Waals surface area contributed by atoms with Gasteiger partial charge in [-0.15, -0.1) is 0 Å². The van der Waals surface area contributed by atoms with Gasteiger partial charge in [-0.3, -0.25) is 4.79 Å². The lowest BCUT2D eigenvalue weighted by atomic mass is 10.4. The topological polar surface area (TPSA) is 90.2 Å². The third-order valence-corrected chi connectivity index (χ3v) is 0.988. The summed E-state index contributed by atoms with van der Waals surface area (Å²) in [7, 11) is 0. The predicted molar refractivity (Wildman–Crippen MR) is 27.4 cm³/mol. The second-order valence-corrected chi connectivity index (χ2v) is 1.60. The molecular formula is C4H6N3O2-. The zero-order valence-corrected chi connectivity index (χ0v) is 4.60. The molecule has 0 radical (unpaired) electrons. The minimum absolute atomic E-state index is 0.0602. The minimum Gasteiger partial charge on any atom is -0.859 e. The zero-order chi connectivity index (χ0) is 6.85. The van der Waals surface area contributed by atoms with Gasteiger partial charge in [0, 0.05) is 0 Å². The van der Waals surface area contributed by atoms with Gasteiger partial charge in [-0.05, 0) is 5.88 Å². The van der Waals surface area contributed by atoms with Crippen molar-refractivity contribution in [1.29, 1.82) is 0 Å². The molecule has 1 rings (SSSR count). The van der Waals surface area contributed by atoms with Crippen molar-refractivity contribution in [2.45, 2.75) is 0 Å². The molecule has 0 spiro atoms. The fraction of sp³-hybridized carbons (Fsp3) is 0.250. The van der Waals surface area contributed by atoms with Crippen LogP contribution in [0, 0.1) is 0 Å². The van der Waals surface area contributed by atoms with E-state index in [0.717, 1.165) is 0 Å². The Hall–Kier alpha value is -1.39. The number of hydrogen-bond donors (Lipinski definition) is 3. The molecule has 1 aliphatic heterocycles. The van der Waals surface area contributed by atoms with E-state index in [4.69, 9.17) is 5.73 Å². The first-order valence-corrected chi connectivity index (χ1v) is 2.40. The smallest absolute Gasteiger partial charge is 0.265 e. The molecule has 0 aromatic rings. The monoisotopic (exact) mass is 128 g/mol. The molecule has 0 saturated carbocycles. The molecule has 5 nitrogen and oxygen atoms in total.